The molecule has 1 N–H and O–H groups in total. The first-order valence-corrected chi connectivity index (χ1v) is 9.64. The summed E-state index contributed by atoms with van der Waals surface area (Å²) in [5.74, 6) is 1.98. The van der Waals surface area contributed by atoms with Gasteiger partial charge >= 0.3 is 0 Å². The van der Waals surface area contributed by atoms with E-state index in [1.54, 1.807) is 0 Å². The van der Waals surface area contributed by atoms with E-state index in [-0.39, 0.29) is 0 Å². The zero-order chi connectivity index (χ0) is 15.2. The van der Waals surface area contributed by atoms with E-state index in [4.69, 9.17) is 4.74 Å². The lowest BCUT2D eigenvalue weighted by molar-refractivity contribution is 0.0910. The average Bonchev–Trinajstić information content (AvgIpc) is 2.68. The fourth-order valence-corrected chi connectivity index (χ4v) is 4.56. The molecule has 2 atom stereocenters. The summed E-state index contributed by atoms with van der Waals surface area (Å²) in [6, 6.07) is 0.437. The van der Waals surface area contributed by atoms with Crippen molar-refractivity contribution in [1.29, 1.82) is 0 Å². The molecule has 4 nitrogen and oxygen atoms in total. The number of nitrogens with one attached hydrogen (secondary N) is 1. The Morgan fingerprint density at radius 2 is 1.95 bits per heavy atom. The summed E-state index contributed by atoms with van der Waals surface area (Å²) in [6.07, 6.45) is 1.77. The predicted molar refractivity (Wildman–Crippen MR) is 83.7 cm³/mol. The molecule has 0 radical (unpaired) electrons. The molecular formula is C15H31NO3S. The van der Waals surface area contributed by atoms with Gasteiger partial charge in [0, 0.05) is 19.3 Å². The normalized spacial score (nSPS) is 23.6. The highest BCUT2D eigenvalue weighted by Gasteiger charge is 2.33. The van der Waals surface area contributed by atoms with Crippen LogP contribution in [0.5, 0.6) is 0 Å². The van der Waals surface area contributed by atoms with Crippen LogP contribution in [0.4, 0.5) is 0 Å². The molecule has 1 fully saturated rings. The first kappa shape index (κ1) is 17.9. The monoisotopic (exact) mass is 305 g/mol. The molecule has 0 spiro atoms. The number of rotatable bonds is 9. The van der Waals surface area contributed by atoms with Gasteiger partial charge in [0.25, 0.3) is 0 Å². The van der Waals surface area contributed by atoms with E-state index >= 15 is 0 Å². The van der Waals surface area contributed by atoms with Gasteiger partial charge in [0.15, 0.2) is 9.84 Å². The van der Waals surface area contributed by atoms with E-state index in [0.717, 1.165) is 32.6 Å². The minimum Gasteiger partial charge on any atom is -0.381 e. The largest absolute Gasteiger partial charge is 0.381 e. The van der Waals surface area contributed by atoms with E-state index in [1.165, 1.54) is 0 Å². The van der Waals surface area contributed by atoms with E-state index in [2.05, 4.69) is 33.0 Å². The molecule has 1 aliphatic heterocycles. The molecule has 0 saturated carbocycles. The molecule has 5 heteroatoms. The van der Waals surface area contributed by atoms with Gasteiger partial charge in [-0.25, -0.2) is 8.42 Å². The summed E-state index contributed by atoms with van der Waals surface area (Å²) >= 11 is 0. The molecule has 0 aromatic heterocycles. The maximum Gasteiger partial charge on any atom is 0.150 e. The van der Waals surface area contributed by atoms with Crippen molar-refractivity contribution in [1.82, 2.24) is 5.32 Å². The van der Waals surface area contributed by atoms with Crippen LogP contribution in [0.3, 0.4) is 0 Å². The van der Waals surface area contributed by atoms with Gasteiger partial charge in [-0.2, -0.15) is 0 Å². The topological polar surface area (TPSA) is 55.4 Å². The van der Waals surface area contributed by atoms with Gasteiger partial charge in [-0.05, 0) is 37.1 Å². The molecule has 1 saturated heterocycles. The first-order valence-electron chi connectivity index (χ1n) is 7.81. The number of hydrogen-bond acceptors (Lipinski definition) is 4. The summed E-state index contributed by atoms with van der Waals surface area (Å²) in [5, 5.41) is 3.45. The van der Waals surface area contributed by atoms with Crippen molar-refractivity contribution in [3.8, 4) is 0 Å². The molecule has 20 heavy (non-hydrogen) atoms. The Morgan fingerprint density at radius 3 is 2.45 bits per heavy atom. The van der Waals surface area contributed by atoms with Crippen molar-refractivity contribution in [3.63, 3.8) is 0 Å². The van der Waals surface area contributed by atoms with Crippen LogP contribution in [0.1, 0.15) is 40.5 Å². The van der Waals surface area contributed by atoms with Crippen LogP contribution in [0.2, 0.25) is 0 Å². The Kier molecular flexibility index (Phi) is 7.48. The lowest BCUT2D eigenvalue weighted by Crippen LogP contribution is -2.33. The summed E-state index contributed by atoms with van der Waals surface area (Å²) in [6.45, 7) is 10.9. The van der Waals surface area contributed by atoms with Gasteiger partial charge in [0.1, 0.15) is 0 Å². The van der Waals surface area contributed by atoms with Crippen molar-refractivity contribution in [2.75, 3.05) is 31.3 Å². The second-order valence-electron chi connectivity index (χ2n) is 6.74. The van der Waals surface area contributed by atoms with Crippen molar-refractivity contribution in [2.24, 2.45) is 17.8 Å². The number of sulfone groups is 1. The predicted octanol–water partition coefficient (Wildman–Crippen LogP) is 2.10. The number of hydrogen-bond donors (Lipinski definition) is 1. The number of ether oxygens (including phenoxy) is 1. The van der Waals surface area contributed by atoms with Gasteiger partial charge < -0.3 is 10.1 Å². The summed E-state index contributed by atoms with van der Waals surface area (Å²) in [5.41, 5.74) is 0. The van der Waals surface area contributed by atoms with Crippen LogP contribution >= 0.6 is 0 Å². The van der Waals surface area contributed by atoms with Gasteiger partial charge in [-0.15, -0.1) is 0 Å². The zero-order valence-corrected chi connectivity index (χ0v) is 14.2. The van der Waals surface area contributed by atoms with Crippen LogP contribution < -0.4 is 5.32 Å². The van der Waals surface area contributed by atoms with Crippen LogP contribution in [0.25, 0.3) is 0 Å². The van der Waals surface area contributed by atoms with E-state index < -0.39 is 9.84 Å². The molecule has 0 aliphatic carbocycles. The third-order valence-corrected chi connectivity index (χ3v) is 5.60. The molecule has 1 heterocycles. The van der Waals surface area contributed by atoms with Crippen LogP contribution in [0.15, 0.2) is 0 Å². The Bertz CT molecular complexity index is 365. The smallest absolute Gasteiger partial charge is 0.150 e. The molecule has 120 valence electrons. The Labute approximate surface area is 124 Å². The molecular weight excluding hydrogens is 274 g/mol. The van der Waals surface area contributed by atoms with Crippen LogP contribution in [-0.2, 0) is 14.6 Å². The van der Waals surface area contributed by atoms with Crippen molar-refractivity contribution >= 4 is 9.84 Å². The summed E-state index contributed by atoms with van der Waals surface area (Å²) in [7, 11) is -2.79. The van der Waals surface area contributed by atoms with Gasteiger partial charge in [-0.3, -0.25) is 0 Å². The highest BCUT2D eigenvalue weighted by Crippen LogP contribution is 2.28. The first-order chi connectivity index (χ1) is 9.30. The average molecular weight is 305 g/mol. The molecule has 2 unspecified atom stereocenters. The third kappa shape index (κ3) is 7.04. The maximum atomic E-state index is 11.7. The minimum atomic E-state index is -2.79. The fraction of sp³-hybridized carbons (Fsp3) is 1.00. The van der Waals surface area contributed by atoms with Gasteiger partial charge in [0.05, 0.1) is 11.5 Å². The highest BCUT2D eigenvalue weighted by molar-refractivity contribution is 7.91. The van der Waals surface area contributed by atoms with Crippen LogP contribution in [0, 0.1) is 17.8 Å². The van der Waals surface area contributed by atoms with E-state index in [0.29, 0.717) is 35.3 Å². The quantitative estimate of drug-likeness (QED) is 0.663. The molecule has 0 amide bonds. The SMILES string of the molecule is CC(C)COCCC(CNC(C)C)C1CCS(=O)(=O)C1. The fourth-order valence-electron chi connectivity index (χ4n) is 2.64. The standard InChI is InChI=1S/C15H31NO3S/c1-12(2)10-19-7-5-14(9-16-13(3)4)15-6-8-20(17,18)11-15/h12-16H,5-11H2,1-4H3. The molecule has 0 aromatic rings. The van der Waals surface area contributed by atoms with Crippen molar-refractivity contribution in [3.05, 3.63) is 0 Å². The molecule has 1 rings (SSSR count). The Hall–Kier alpha value is -0.130. The lowest BCUT2D eigenvalue weighted by Gasteiger charge is -2.24. The third-order valence-electron chi connectivity index (χ3n) is 3.81. The van der Waals surface area contributed by atoms with E-state index in [1.807, 2.05) is 0 Å². The Morgan fingerprint density at radius 1 is 1.25 bits per heavy atom. The Balaban J connectivity index is 2.43. The van der Waals surface area contributed by atoms with Crippen molar-refractivity contribution < 1.29 is 13.2 Å². The molecule has 0 bridgehead atoms. The van der Waals surface area contributed by atoms with Gasteiger partial charge in [-0.1, -0.05) is 27.7 Å². The van der Waals surface area contributed by atoms with Crippen LogP contribution in [-0.4, -0.2) is 45.7 Å². The highest BCUT2D eigenvalue weighted by atomic mass is 32.2. The van der Waals surface area contributed by atoms with Crippen molar-refractivity contribution in [2.45, 2.75) is 46.6 Å². The maximum absolute atomic E-state index is 11.7. The molecule has 1 aliphatic rings. The zero-order valence-electron chi connectivity index (χ0n) is 13.4. The second-order valence-corrected chi connectivity index (χ2v) is 8.97. The molecule has 0 aromatic carbocycles. The van der Waals surface area contributed by atoms with Gasteiger partial charge in [0.2, 0.25) is 0 Å². The second kappa shape index (κ2) is 8.35. The summed E-state index contributed by atoms with van der Waals surface area (Å²) < 4.78 is 29.0. The lowest BCUT2D eigenvalue weighted by atomic mass is 9.89. The minimum absolute atomic E-state index is 0.300. The van der Waals surface area contributed by atoms with E-state index in [9.17, 15) is 8.42 Å². The summed E-state index contributed by atoms with van der Waals surface area (Å²) in [4.78, 5) is 0.